The number of halogens is 1. The zero-order valence-electron chi connectivity index (χ0n) is 10.4. The van der Waals surface area contributed by atoms with Crippen LogP contribution in [0.5, 0.6) is 0 Å². The molecule has 0 amide bonds. The molecule has 2 atom stereocenters. The van der Waals surface area contributed by atoms with Gasteiger partial charge in [-0.3, -0.25) is 0 Å². The molecule has 0 bridgehead atoms. The van der Waals surface area contributed by atoms with E-state index in [1.165, 1.54) is 0 Å². The molecule has 98 valence electrons. The fourth-order valence-corrected chi connectivity index (χ4v) is 2.70. The smallest absolute Gasteiger partial charge is 0.214 e. The molecule has 0 fully saturated rings. The molecule has 0 aliphatic carbocycles. The van der Waals surface area contributed by atoms with Gasteiger partial charge in [0.2, 0.25) is 10.0 Å². The van der Waals surface area contributed by atoms with Gasteiger partial charge in [0.05, 0.1) is 18.5 Å². The number of alkyl halides is 1. The molecule has 0 saturated heterocycles. The Bertz CT molecular complexity index is 278. The van der Waals surface area contributed by atoms with Crippen molar-refractivity contribution >= 4 is 21.6 Å². The molecule has 0 rings (SSSR count). The zero-order chi connectivity index (χ0) is 12.8. The number of hydrogen-bond donors (Lipinski definition) is 1. The van der Waals surface area contributed by atoms with Gasteiger partial charge in [0, 0.05) is 11.4 Å². The average molecular weight is 272 g/mol. The van der Waals surface area contributed by atoms with Gasteiger partial charge in [-0.05, 0) is 34.1 Å². The van der Waals surface area contributed by atoms with Crippen LogP contribution in [0.1, 0.15) is 34.1 Å². The maximum Gasteiger partial charge on any atom is 0.214 e. The summed E-state index contributed by atoms with van der Waals surface area (Å²) in [6.07, 6.45) is 0.668. The summed E-state index contributed by atoms with van der Waals surface area (Å²) in [7, 11) is -3.26. The normalized spacial score (nSPS) is 16.4. The number of ether oxygens (including phenoxy) is 1. The Hall–Kier alpha value is 0.160. The van der Waals surface area contributed by atoms with Crippen molar-refractivity contribution in [2.24, 2.45) is 0 Å². The van der Waals surface area contributed by atoms with Crippen LogP contribution in [-0.4, -0.2) is 38.3 Å². The van der Waals surface area contributed by atoms with Crippen LogP contribution in [0.15, 0.2) is 0 Å². The minimum Gasteiger partial charge on any atom is -0.378 e. The fraction of sp³-hybridized carbons (Fsp3) is 1.00. The molecular weight excluding hydrogens is 250 g/mol. The lowest BCUT2D eigenvalue weighted by atomic mass is 10.2. The number of sulfonamides is 1. The Morgan fingerprint density at radius 2 is 1.81 bits per heavy atom. The minimum atomic E-state index is -3.26. The molecule has 0 aromatic rings. The predicted octanol–water partition coefficient (Wildman–Crippen LogP) is 1.74. The SMILES string of the molecule is CC(Cl)CC(C)NS(=O)(=O)CCOC(C)C. The second-order valence-electron chi connectivity index (χ2n) is 4.27. The topological polar surface area (TPSA) is 55.4 Å². The highest BCUT2D eigenvalue weighted by molar-refractivity contribution is 7.89. The van der Waals surface area contributed by atoms with Gasteiger partial charge < -0.3 is 4.74 Å². The summed E-state index contributed by atoms with van der Waals surface area (Å²) in [5, 5.41) is -0.0374. The Labute approximate surface area is 104 Å². The van der Waals surface area contributed by atoms with Crippen LogP contribution >= 0.6 is 11.6 Å². The highest BCUT2D eigenvalue weighted by atomic mass is 35.5. The summed E-state index contributed by atoms with van der Waals surface area (Å²) in [6, 6.07) is -0.142. The third-order valence-electron chi connectivity index (χ3n) is 1.86. The van der Waals surface area contributed by atoms with Crippen molar-refractivity contribution < 1.29 is 13.2 Å². The Morgan fingerprint density at radius 1 is 1.25 bits per heavy atom. The van der Waals surface area contributed by atoms with Crippen LogP contribution < -0.4 is 4.72 Å². The van der Waals surface area contributed by atoms with Gasteiger partial charge >= 0.3 is 0 Å². The van der Waals surface area contributed by atoms with Gasteiger partial charge in [-0.15, -0.1) is 11.6 Å². The van der Waals surface area contributed by atoms with Gasteiger partial charge in [-0.1, -0.05) is 0 Å². The van der Waals surface area contributed by atoms with Crippen LogP contribution in [0.25, 0.3) is 0 Å². The standard InChI is InChI=1S/C10H22ClNO3S/c1-8(2)15-5-6-16(13,14)12-10(4)7-9(3)11/h8-10,12H,5-7H2,1-4H3. The first-order chi connectivity index (χ1) is 7.23. The monoisotopic (exact) mass is 271 g/mol. The third kappa shape index (κ3) is 9.39. The quantitative estimate of drug-likeness (QED) is 0.684. The lowest BCUT2D eigenvalue weighted by Gasteiger charge is -2.15. The van der Waals surface area contributed by atoms with E-state index in [9.17, 15) is 8.42 Å². The second-order valence-corrected chi connectivity index (χ2v) is 6.89. The van der Waals surface area contributed by atoms with E-state index in [-0.39, 0.29) is 29.9 Å². The van der Waals surface area contributed by atoms with Gasteiger partial charge in [-0.2, -0.15) is 0 Å². The Morgan fingerprint density at radius 3 is 2.25 bits per heavy atom. The molecule has 0 saturated carbocycles. The third-order valence-corrected chi connectivity index (χ3v) is 3.51. The molecule has 0 aromatic carbocycles. The van der Waals surface area contributed by atoms with Crippen molar-refractivity contribution in [3.63, 3.8) is 0 Å². The van der Waals surface area contributed by atoms with E-state index in [1.807, 2.05) is 20.8 Å². The lowest BCUT2D eigenvalue weighted by molar-refractivity contribution is 0.0911. The molecule has 0 aromatic heterocycles. The molecule has 0 heterocycles. The molecular formula is C10H22ClNO3S. The van der Waals surface area contributed by atoms with Crippen molar-refractivity contribution in [3.8, 4) is 0 Å². The van der Waals surface area contributed by atoms with Crippen LogP contribution in [0, 0.1) is 0 Å². The van der Waals surface area contributed by atoms with Gasteiger partial charge in [-0.25, -0.2) is 13.1 Å². The summed E-state index contributed by atoms with van der Waals surface area (Å²) in [5.41, 5.74) is 0. The largest absolute Gasteiger partial charge is 0.378 e. The molecule has 1 N–H and O–H groups in total. The highest BCUT2D eigenvalue weighted by Gasteiger charge is 2.15. The van der Waals surface area contributed by atoms with E-state index in [1.54, 1.807) is 6.92 Å². The van der Waals surface area contributed by atoms with Crippen molar-refractivity contribution in [2.45, 2.75) is 51.6 Å². The van der Waals surface area contributed by atoms with Crippen LogP contribution in [0.4, 0.5) is 0 Å². The molecule has 0 radical (unpaired) electrons. The Balaban J connectivity index is 3.95. The summed E-state index contributed by atoms with van der Waals surface area (Å²) < 4.78 is 30.9. The molecule has 0 aliphatic rings. The number of rotatable bonds is 8. The van der Waals surface area contributed by atoms with E-state index < -0.39 is 10.0 Å². The molecule has 0 spiro atoms. The summed E-state index contributed by atoms with van der Waals surface area (Å²) in [6.45, 7) is 7.61. The average Bonchev–Trinajstić information content (AvgIpc) is 1.98. The van der Waals surface area contributed by atoms with Crippen molar-refractivity contribution in [2.75, 3.05) is 12.4 Å². The van der Waals surface area contributed by atoms with Crippen LogP contribution in [0.2, 0.25) is 0 Å². The molecule has 2 unspecified atom stereocenters. The van der Waals surface area contributed by atoms with Gasteiger partial charge in [0.25, 0.3) is 0 Å². The summed E-state index contributed by atoms with van der Waals surface area (Å²) in [4.78, 5) is 0. The van der Waals surface area contributed by atoms with E-state index >= 15 is 0 Å². The number of hydrogen-bond acceptors (Lipinski definition) is 3. The molecule has 0 aliphatic heterocycles. The van der Waals surface area contributed by atoms with Crippen molar-refractivity contribution in [1.29, 1.82) is 0 Å². The molecule has 4 nitrogen and oxygen atoms in total. The lowest BCUT2D eigenvalue weighted by Crippen LogP contribution is -2.36. The van der Waals surface area contributed by atoms with Crippen LogP contribution in [0.3, 0.4) is 0 Å². The Kier molecular flexibility index (Phi) is 7.55. The van der Waals surface area contributed by atoms with E-state index in [2.05, 4.69) is 4.72 Å². The van der Waals surface area contributed by atoms with Crippen molar-refractivity contribution in [3.05, 3.63) is 0 Å². The molecule has 16 heavy (non-hydrogen) atoms. The van der Waals surface area contributed by atoms with E-state index in [4.69, 9.17) is 16.3 Å². The maximum absolute atomic E-state index is 11.6. The number of nitrogens with one attached hydrogen (secondary N) is 1. The highest BCUT2D eigenvalue weighted by Crippen LogP contribution is 2.05. The predicted molar refractivity (Wildman–Crippen MR) is 67.4 cm³/mol. The first-order valence-corrected chi connectivity index (χ1v) is 7.57. The van der Waals surface area contributed by atoms with Gasteiger partial charge in [0.15, 0.2) is 0 Å². The minimum absolute atomic E-state index is 0.00775. The van der Waals surface area contributed by atoms with Gasteiger partial charge in [0.1, 0.15) is 0 Å². The van der Waals surface area contributed by atoms with Crippen molar-refractivity contribution in [1.82, 2.24) is 4.72 Å². The summed E-state index contributed by atoms with van der Waals surface area (Å²) >= 11 is 5.79. The first-order valence-electron chi connectivity index (χ1n) is 5.48. The zero-order valence-corrected chi connectivity index (χ0v) is 11.9. The maximum atomic E-state index is 11.6. The second kappa shape index (κ2) is 7.48. The van der Waals surface area contributed by atoms with E-state index in [0.29, 0.717) is 6.42 Å². The van der Waals surface area contributed by atoms with E-state index in [0.717, 1.165) is 0 Å². The molecule has 6 heteroatoms. The summed E-state index contributed by atoms with van der Waals surface area (Å²) in [5.74, 6) is -0.00775. The first kappa shape index (κ1) is 16.2. The van der Waals surface area contributed by atoms with Crippen LogP contribution in [-0.2, 0) is 14.8 Å². The fourth-order valence-electron chi connectivity index (χ4n) is 1.29.